The molecule has 144 valence electrons. The number of hydrogen-bond acceptors (Lipinski definition) is 4. The fourth-order valence-electron chi connectivity index (χ4n) is 3.26. The lowest BCUT2D eigenvalue weighted by atomic mass is 9.85. The summed E-state index contributed by atoms with van der Waals surface area (Å²) in [4.78, 5) is 23.6. The predicted octanol–water partition coefficient (Wildman–Crippen LogP) is 3.48. The highest BCUT2D eigenvalue weighted by Gasteiger charge is 2.26. The van der Waals surface area contributed by atoms with Crippen LogP contribution in [0.4, 0.5) is 4.79 Å². The smallest absolute Gasteiger partial charge is 0.408 e. The van der Waals surface area contributed by atoms with Crippen molar-refractivity contribution < 1.29 is 24.2 Å². The first-order chi connectivity index (χ1) is 12.2. The second-order valence-electron chi connectivity index (χ2n) is 7.56. The van der Waals surface area contributed by atoms with E-state index >= 15 is 0 Å². The molecule has 1 aromatic carbocycles. The standard InChI is InChI=1S/C20H29NO5/c1-5-25-17-11-10-13(14-8-6-7-9-15(14)17)12-16(18(22)23)21-19(24)26-20(2,3)4/h10-11,16H,5-9,12H2,1-4H3,(H,21,24)(H,22,23). The summed E-state index contributed by atoms with van der Waals surface area (Å²) in [6.07, 6.45) is 3.54. The highest BCUT2D eigenvalue weighted by molar-refractivity contribution is 5.80. The van der Waals surface area contributed by atoms with Crippen LogP contribution in [0.3, 0.4) is 0 Å². The maximum absolute atomic E-state index is 12.0. The molecular weight excluding hydrogens is 334 g/mol. The van der Waals surface area contributed by atoms with Crippen molar-refractivity contribution in [2.45, 2.75) is 71.4 Å². The zero-order chi connectivity index (χ0) is 19.3. The van der Waals surface area contributed by atoms with Crippen LogP contribution in [0.15, 0.2) is 12.1 Å². The number of carbonyl (C=O) groups excluding carboxylic acids is 1. The van der Waals surface area contributed by atoms with Crippen LogP contribution < -0.4 is 10.1 Å². The second kappa shape index (κ2) is 8.43. The molecule has 26 heavy (non-hydrogen) atoms. The van der Waals surface area contributed by atoms with Gasteiger partial charge in [-0.05, 0) is 76.1 Å². The average Bonchev–Trinajstić information content (AvgIpc) is 2.54. The Bertz CT molecular complexity index is 663. The van der Waals surface area contributed by atoms with Crippen molar-refractivity contribution in [2.75, 3.05) is 6.61 Å². The number of benzene rings is 1. The molecule has 6 heteroatoms. The summed E-state index contributed by atoms with van der Waals surface area (Å²) in [5.74, 6) is -0.188. The minimum absolute atomic E-state index is 0.226. The lowest BCUT2D eigenvalue weighted by molar-refractivity contribution is -0.139. The summed E-state index contributed by atoms with van der Waals surface area (Å²) < 4.78 is 10.9. The van der Waals surface area contributed by atoms with Gasteiger partial charge in [0.2, 0.25) is 0 Å². The summed E-state index contributed by atoms with van der Waals surface area (Å²) >= 11 is 0. The summed E-state index contributed by atoms with van der Waals surface area (Å²) in [7, 11) is 0. The summed E-state index contributed by atoms with van der Waals surface area (Å²) in [6.45, 7) is 7.78. The first kappa shape index (κ1) is 20.1. The Labute approximate surface area is 154 Å². The molecule has 1 amide bonds. The molecule has 1 aliphatic carbocycles. The molecule has 1 aliphatic rings. The number of fused-ring (bicyclic) bond motifs is 1. The van der Waals surface area contributed by atoms with E-state index in [0.29, 0.717) is 6.61 Å². The molecule has 1 atom stereocenters. The van der Waals surface area contributed by atoms with Gasteiger partial charge in [0.15, 0.2) is 0 Å². The number of carboxylic acid groups (broad SMARTS) is 1. The van der Waals surface area contributed by atoms with Crippen LogP contribution in [-0.4, -0.2) is 35.4 Å². The number of amides is 1. The van der Waals surface area contributed by atoms with Gasteiger partial charge in [-0.25, -0.2) is 9.59 Å². The van der Waals surface area contributed by atoms with Crippen molar-refractivity contribution >= 4 is 12.1 Å². The number of aliphatic carboxylic acids is 1. The molecule has 0 bridgehead atoms. The van der Waals surface area contributed by atoms with E-state index in [2.05, 4.69) is 5.32 Å². The molecule has 2 N–H and O–H groups in total. The Hall–Kier alpha value is -2.24. The number of rotatable bonds is 6. The van der Waals surface area contributed by atoms with Crippen LogP contribution in [0, 0.1) is 0 Å². The third-order valence-electron chi connectivity index (χ3n) is 4.30. The van der Waals surface area contributed by atoms with E-state index in [9.17, 15) is 14.7 Å². The Morgan fingerprint density at radius 3 is 2.42 bits per heavy atom. The van der Waals surface area contributed by atoms with Gasteiger partial charge in [-0.15, -0.1) is 0 Å². The normalized spacial score (nSPS) is 14.9. The SMILES string of the molecule is CCOc1ccc(CC(NC(=O)OC(C)(C)C)C(=O)O)c2c1CCCC2. The molecule has 2 rings (SSSR count). The topological polar surface area (TPSA) is 84.9 Å². The van der Waals surface area contributed by atoms with Crippen LogP contribution in [-0.2, 0) is 28.8 Å². The average molecular weight is 363 g/mol. The molecule has 0 aromatic heterocycles. The molecule has 0 saturated carbocycles. The van der Waals surface area contributed by atoms with Gasteiger partial charge in [0.05, 0.1) is 6.61 Å². The molecule has 1 aromatic rings. The van der Waals surface area contributed by atoms with E-state index in [4.69, 9.17) is 9.47 Å². The maximum atomic E-state index is 12.0. The molecule has 0 saturated heterocycles. The first-order valence-corrected chi connectivity index (χ1v) is 9.20. The van der Waals surface area contributed by atoms with E-state index in [1.807, 2.05) is 19.1 Å². The van der Waals surface area contributed by atoms with Gasteiger partial charge in [0.1, 0.15) is 17.4 Å². The van der Waals surface area contributed by atoms with E-state index in [1.54, 1.807) is 20.8 Å². The minimum Gasteiger partial charge on any atom is -0.494 e. The monoisotopic (exact) mass is 363 g/mol. The summed E-state index contributed by atoms with van der Waals surface area (Å²) in [5.41, 5.74) is 2.62. The lowest BCUT2D eigenvalue weighted by Crippen LogP contribution is -2.44. The van der Waals surface area contributed by atoms with Crippen molar-refractivity contribution in [1.82, 2.24) is 5.32 Å². The van der Waals surface area contributed by atoms with Crippen LogP contribution in [0.1, 0.15) is 57.2 Å². The quantitative estimate of drug-likeness (QED) is 0.808. The molecule has 0 fully saturated rings. The largest absolute Gasteiger partial charge is 0.494 e. The number of carboxylic acids is 1. The van der Waals surface area contributed by atoms with Gasteiger partial charge in [-0.3, -0.25) is 0 Å². The second-order valence-corrected chi connectivity index (χ2v) is 7.56. The number of ether oxygens (including phenoxy) is 2. The zero-order valence-corrected chi connectivity index (χ0v) is 16.1. The van der Waals surface area contributed by atoms with Crippen molar-refractivity contribution in [1.29, 1.82) is 0 Å². The molecular formula is C20H29NO5. The van der Waals surface area contributed by atoms with Crippen molar-refractivity contribution in [3.8, 4) is 5.75 Å². The maximum Gasteiger partial charge on any atom is 0.408 e. The van der Waals surface area contributed by atoms with Crippen LogP contribution >= 0.6 is 0 Å². The Morgan fingerprint density at radius 2 is 1.85 bits per heavy atom. The zero-order valence-electron chi connectivity index (χ0n) is 16.1. The molecule has 0 heterocycles. The van der Waals surface area contributed by atoms with Crippen molar-refractivity contribution in [3.63, 3.8) is 0 Å². The van der Waals surface area contributed by atoms with Crippen molar-refractivity contribution in [3.05, 3.63) is 28.8 Å². The van der Waals surface area contributed by atoms with Gasteiger partial charge in [0.25, 0.3) is 0 Å². The highest BCUT2D eigenvalue weighted by Crippen LogP contribution is 2.33. The van der Waals surface area contributed by atoms with E-state index in [1.165, 1.54) is 11.1 Å². The third kappa shape index (κ3) is 5.38. The Morgan fingerprint density at radius 1 is 1.19 bits per heavy atom. The van der Waals surface area contributed by atoms with Gasteiger partial charge in [0, 0.05) is 6.42 Å². The number of nitrogens with one attached hydrogen (secondary N) is 1. The Kier molecular flexibility index (Phi) is 6.51. The minimum atomic E-state index is -1.07. The molecule has 0 spiro atoms. The fourth-order valence-corrected chi connectivity index (χ4v) is 3.26. The summed E-state index contributed by atoms with van der Waals surface area (Å²) in [6, 6.07) is 2.80. The lowest BCUT2D eigenvalue weighted by Gasteiger charge is -2.25. The molecule has 0 aliphatic heterocycles. The van der Waals surface area contributed by atoms with E-state index < -0.39 is 23.7 Å². The van der Waals surface area contributed by atoms with Gasteiger partial charge >= 0.3 is 12.1 Å². The van der Waals surface area contributed by atoms with Crippen LogP contribution in [0.25, 0.3) is 0 Å². The number of alkyl carbamates (subject to hydrolysis) is 1. The molecule has 6 nitrogen and oxygen atoms in total. The van der Waals surface area contributed by atoms with Gasteiger partial charge in [-0.2, -0.15) is 0 Å². The van der Waals surface area contributed by atoms with Crippen molar-refractivity contribution in [2.24, 2.45) is 0 Å². The van der Waals surface area contributed by atoms with Crippen LogP contribution in [0.5, 0.6) is 5.75 Å². The van der Waals surface area contributed by atoms with Crippen LogP contribution in [0.2, 0.25) is 0 Å². The molecule has 1 unspecified atom stereocenters. The highest BCUT2D eigenvalue weighted by atomic mass is 16.6. The van der Waals surface area contributed by atoms with Gasteiger partial charge in [-0.1, -0.05) is 6.07 Å². The molecule has 0 radical (unpaired) electrons. The summed E-state index contributed by atoms with van der Waals surface area (Å²) in [5, 5.41) is 12.0. The fraction of sp³-hybridized carbons (Fsp3) is 0.600. The number of hydrogen-bond donors (Lipinski definition) is 2. The van der Waals surface area contributed by atoms with E-state index in [-0.39, 0.29) is 6.42 Å². The number of carbonyl (C=O) groups is 2. The first-order valence-electron chi connectivity index (χ1n) is 9.20. The third-order valence-corrected chi connectivity index (χ3v) is 4.30. The van der Waals surface area contributed by atoms with Gasteiger partial charge < -0.3 is 19.9 Å². The predicted molar refractivity (Wildman–Crippen MR) is 98.8 cm³/mol. The van der Waals surface area contributed by atoms with E-state index in [0.717, 1.165) is 37.0 Å². The Balaban J connectivity index is 2.21.